The van der Waals surface area contributed by atoms with Crippen molar-refractivity contribution in [1.29, 1.82) is 0 Å². The summed E-state index contributed by atoms with van der Waals surface area (Å²) < 4.78 is 6.30. The molecule has 0 amide bonds. The van der Waals surface area contributed by atoms with E-state index in [2.05, 4.69) is 76.7 Å². The Balaban J connectivity index is 1.98. The molecule has 0 aliphatic heterocycles. The van der Waals surface area contributed by atoms with Crippen LogP contribution in [0.2, 0.25) is 0 Å². The third kappa shape index (κ3) is 5.18. The molecule has 21 heavy (non-hydrogen) atoms. The van der Waals surface area contributed by atoms with Crippen molar-refractivity contribution in [2.45, 2.75) is 25.8 Å². The van der Waals surface area contributed by atoms with Crippen molar-refractivity contribution in [2.75, 3.05) is 19.0 Å². The van der Waals surface area contributed by atoms with E-state index in [4.69, 9.17) is 4.74 Å². The molecule has 2 aromatic rings. The third-order valence-electron chi connectivity index (χ3n) is 3.45. The summed E-state index contributed by atoms with van der Waals surface area (Å²) in [6, 6.07) is 17.4. The van der Waals surface area contributed by atoms with Gasteiger partial charge in [0.15, 0.2) is 0 Å². The summed E-state index contributed by atoms with van der Waals surface area (Å²) in [5, 5.41) is 3.62. The Kier molecular flexibility index (Phi) is 6.27. The number of halogens is 1. The van der Waals surface area contributed by atoms with Crippen LogP contribution < -0.4 is 5.32 Å². The topological polar surface area (TPSA) is 21.3 Å². The summed E-state index contributed by atoms with van der Waals surface area (Å²) in [5.41, 5.74) is 3.86. The molecule has 2 aromatic carbocycles. The van der Waals surface area contributed by atoms with Crippen LogP contribution in [0.4, 0.5) is 5.69 Å². The molecule has 2 rings (SSSR count). The number of hydrogen-bond donors (Lipinski definition) is 1. The van der Waals surface area contributed by atoms with Crippen molar-refractivity contribution in [1.82, 2.24) is 0 Å². The number of rotatable bonds is 7. The van der Waals surface area contributed by atoms with Crippen LogP contribution in [-0.2, 0) is 17.6 Å². The Bertz CT molecular complexity index is 553. The minimum atomic E-state index is 0.384. The fourth-order valence-corrected chi connectivity index (χ4v) is 2.65. The molecule has 1 N–H and O–H groups in total. The first-order chi connectivity index (χ1) is 10.2. The molecular weight excluding hydrogens is 326 g/mol. The summed E-state index contributed by atoms with van der Waals surface area (Å²) in [7, 11) is 1.74. The van der Waals surface area contributed by atoms with E-state index < -0.39 is 0 Å². The van der Waals surface area contributed by atoms with Gasteiger partial charge in [-0.1, -0.05) is 46.3 Å². The van der Waals surface area contributed by atoms with Crippen molar-refractivity contribution < 1.29 is 4.74 Å². The Hall–Kier alpha value is -1.32. The van der Waals surface area contributed by atoms with E-state index in [0.717, 1.165) is 23.9 Å². The van der Waals surface area contributed by atoms with Crippen LogP contribution >= 0.6 is 15.9 Å². The molecule has 0 bridgehead atoms. The Labute approximate surface area is 135 Å². The van der Waals surface area contributed by atoms with Gasteiger partial charge in [-0.15, -0.1) is 0 Å². The Morgan fingerprint density at radius 1 is 1.10 bits per heavy atom. The summed E-state index contributed by atoms with van der Waals surface area (Å²) >= 11 is 3.47. The standard InChI is InChI=1S/C18H22BrNO/c1-14(13-15-7-9-17(19)10-8-15)20-18-6-4-3-5-16(18)11-12-21-2/h3-10,14,20H,11-13H2,1-2H3. The molecule has 0 fully saturated rings. The van der Waals surface area contributed by atoms with Crippen molar-refractivity contribution in [3.05, 3.63) is 64.1 Å². The predicted molar refractivity (Wildman–Crippen MR) is 93.0 cm³/mol. The van der Waals surface area contributed by atoms with Crippen LogP contribution in [0.5, 0.6) is 0 Å². The number of anilines is 1. The van der Waals surface area contributed by atoms with Gasteiger partial charge >= 0.3 is 0 Å². The summed E-state index contributed by atoms with van der Waals surface area (Å²) in [6.07, 6.45) is 1.94. The van der Waals surface area contributed by atoms with E-state index in [0.29, 0.717) is 6.04 Å². The van der Waals surface area contributed by atoms with Crippen LogP contribution in [-0.4, -0.2) is 19.8 Å². The van der Waals surface area contributed by atoms with E-state index in [1.54, 1.807) is 7.11 Å². The molecule has 3 heteroatoms. The smallest absolute Gasteiger partial charge is 0.0503 e. The molecule has 1 unspecified atom stereocenters. The maximum Gasteiger partial charge on any atom is 0.0503 e. The summed E-state index contributed by atoms with van der Waals surface area (Å²) in [4.78, 5) is 0. The zero-order valence-electron chi connectivity index (χ0n) is 12.6. The minimum absolute atomic E-state index is 0.384. The van der Waals surface area contributed by atoms with E-state index in [-0.39, 0.29) is 0 Å². The van der Waals surface area contributed by atoms with Gasteiger partial charge in [0.2, 0.25) is 0 Å². The average Bonchev–Trinajstić information content (AvgIpc) is 2.49. The van der Waals surface area contributed by atoms with E-state index >= 15 is 0 Å². The van der Waals surface area contributed by atoms with Gasteiger partial charge in [-0.2, -0.15) is 0 Å². The van der Waals surface area contributed by atoms with Crippen LogP contribution in [0.3, 0.4) is 0 Å². The normalized spacial score (nSPS) is 12.1. The first kappa shape index (κ1) is 16.1. The minimum Gasteiger partial charge on any atom is -0.384 e. The Morgan fingerprint density at radius 3 is 2.52 bits per heavy atom. The van der Waals surface area contributed by atoms with Crippen LogP contribution in [0.1, 0.15) is 18.1 Å². The number of ether oxygens (including phenoxy) is 1. The molecule has 0 spiro atoms. The second-order valence-corrected chi connectivity index (χ2v) is 6.19. The zero-order valence-corrected chi connectivity index (χ0v) is 14.2. The van der Waals surface area contributed by atoms with Gasteiger partial charge < -0.3 is 10.1 Å². The van der Waals surface area contributed by atoms with E-state index in [1.807, 2.05) is 0 Å². The SMILES string of the molecule is COCCc1ccccc1NC(C)Cc1ccc(Br)cc1. The highest BCUT2D eigenvalue weighted by molar-refractivity contribution is 9.10. The molecule has 0 saturated heterocycles. The molecule has 112 valence electrons. The first-order valence-corrected chi connectivity index (χ1v) is 8.06. The van der Waals surface area contributed by atoms with Crippen LogP contribution in [0.15, 0.2) is 53.0 Å². The average molecular weight is 348 g/mol. The summed E-state index contributed by atoms with van der Waals surface area (Å²) in [6.45, 7) is 2.97. The lowest BCUT2D eigenvalue weighted by atomic mass is 10.1. The van der Waals surface area contributed by atoms with Crippen molar-refractivity contribution in [3.63, 3.8) is 0 Å². The largest absolute Gasteiger partial charge is 0.384 e. The highest BCUT2D eigenvalue weighted by Gasteiger charge is 2.07. The molecule has 0 heterocycles. The maximum atomic E-state index is 5.18. The molecule has 0 aromatic heterocycles. The molecule has 0 aliphatic rings. The monoisotopic (exact) mass is 347 g/mol. The van der Waals surface area contributed by atoms with E-state index in [1.165, 1.54) is 16.8 Å². The highest BCUT2D eigenvalue weighted by Crippen LogP contribution is 2.18. The van der Waals surface area contributed by atoms with Crippen molar-refractivity contribution in [3.8, 4) is 0 Å². The van der Waals surface area contributed by atoms with Crippen molar-refractivity contribution >= 4 is 21.6 Å². The summed E-state index contributed by atoms with van der Waals surface area (Å²) in [5.74, 6) is 0. The number of methoxy groups -OCH3 is 1. The van der Waals surface area contributed by atoms with Crippen LogP contribution in [0, 0.1) is 0 Å². The number of benzene rings is 2. The lowest BCUT2D eigenvalue weighted by Crippen LogP contribution is -2.19. The lowest BCUT2D eigenvalue weighted by molar-refractivity contribution is 0.202. The molecule has 0 radical (unpaired) electrons. The van der Waals surface area contributed by atoms with E-state index in [9.17, 15) is 0 Å². The van der Waals surface area contributed by atoms with Gasteiger partial charge in [-0.3, -0.25) is 0 Å². The quantitative estimate of drug-likeness (QED) is 0.784. The second kappa shape index (κ2) is 8.20. The molecule has 0 aliphatic carbocycles. The zero-order chi connectivity index (χ0) is 15.1. The number of hydrogen-bond acceptors (Lipinski definition) is 2. The first-order valence-electron chi connectivity index (χ1n) is 7.27. The Morgan fingerprint density at radius 2 is 1.81 bits per heavy atom. The van der Waals surface area contributed by atoms with Crippen molar-refractivity contribution in [2.24, 2.45) is 0 Å². The van der Waals surface area contributed by atoms with Gasteiger partial charge in [-0.25, -0.2) is 0 Å². The second-order valence-electron chi connectivity index (χ2n) is 5.28. The maximum absolute atomic E-state index is 5.18. The van der Waals surface area contributed by atoms with Gasteiger partial charge in [0, 0.05) is 23.3 Å². The van der Waals surface area contributed by atoms with Gasteiger partial charge in [0.1, 0.15) is 0 Å². The number of para-hydroxylation sites is 1. The molecule has 0 saturated carbocycles. The van der Waals surface area contributed by atoms with Gasteiger partial charge in [0.05, 0.1) is 6.61 Å². The fourth-order valence-electron chi connectivity index (χ4n) is 2.38. The number of nitrogens with one attached hydrogen (secondary N) is 1. The van der Waals surface area contributed by atoms with Crippen LogP contribution in [0.25, 0.3) is 0 Å². The highest BCUT2D eigenvalue weighted by atomic mass is 79.9. The third-order valence-corrected chi connectivity index (χ3v) is 3.98. The lowest BCUT2D eigenvalue weighted by Gasteiger charge is -2.18. The molecule has 2 nitrogen and oxygen atoms in total. The molecule has 1 atom stereocenters. The fraction of sp³-hybridized carbons (Fsp3) is 0.333. The predicted octanol–water partition coefficient (Wildman–Crippen LogP) is 4.68. The molecular formula is C18H22BrNO. The van der Waals surface area contributed by atoms with Gasteiger partial charge in [0.25, 0.3) is 0 Å². The van der Waals surface area contributed by atoms with Gasteiger partial charge in [-0.05, 0) is 49.1 Å².